The number of rotatable bonds is 7. The molecule has 0 saturated heterocycles. The van der Waals surface area contributed by atoms with Crippen molar-refractivity contribution < 1.29 is 24.2 Å². The molecular weight excluding hydrogens is 444 g/mol. The lowest BCUT2D eigenvalue weighted by molar-refractivity contribution is -0.118. The van der Waals surface area contributed by atoms with Gasteiger partial charge < -0.3 is 24.8 Å². The first kappa shape index (κ1) is 22.9. The van der Waals surface area contributed by atoms with Crippen LogP contribution in [0.4, 0.5) is 5.69 Å². The minimum Gasteiger partial charge on any atom is -0.454 e. The van der Waals surface area contributed by atoms with Crippen molar-refractivity contribution in [3.05, 3.63) is 77.4 Å². The lowest BCUT2D eigenvalue weighted by Gasteiger charge is -2.18. The number of aryl methyl sites for hydroxylation is 1. The maximum atomic E-state index is 13.3. The number of aliphatic hydroxyl groups is 1. The average molecular weight is 473 g/mol. The smallest absolute Gasteiger partial charge is 0.253 e. The highest BCUT2D eigenvalue weighted by molar-refractivity contribution is 6.02. The number of anilines is 1. The van der Waals surface area contributed by atoms with Crippen LogP contribution in [0.5, 0.6) is 11.5 Å². The van der Waals surface area contributed by atoms with Crippen molar-refractivity contribution in [2.45, 2.75) is 25.2 Å². The fourth-order valence-corrected chi connectivity index (χ4v) is 4.49. The van der Waals surface area contributed by atoms with Gasteiger partial charge in [0.2, 0.25) is 12.7 Å². The Labute approximate surface area is 204 Å². The van der Waals surface area contributed by atoms with Gasteiger partial charge in [0.1, 0.15) is 0 Å². The van der Waals surface area contributed by atoms with Crippen LogP contribution in [0, 0.1) is 6.92 Å². The van der Waals surface area contributed by atoms with Gasteiger partial charge in [0, 0.05) is 24.8 Å². The first-order valence-corrected chi connectivity index (χ1v) is 11.7. The van der Waals surface area contributed by atoms with E-state index in [1.54, 1.807) is 19.2 Å². The summed E-state index contributed by atoms with van der Waals surface area (Å²) in [6.07, 6.45) is 1.58. The number of hydrogen-bond acceptors (Lipinski definition) is 5. The summed E-state index contributed by atoms with van der Waals surface area (Å²) >= 11 is 0. The molecule has 0 spiro atoms. The van der Waals surface area contributed by atoms with Gasteiger partial charge in [-0.05, 0) is 78.4 Å². The Balaban J connectivity index is 1.34. The molecule has 5 rings (SSSR count). The molecule has 2 amide bonds. The number of hydrogen-bond donors (Lipinski definition) is 2. The number of amides is 2. The molecule has 7 heteroatoms. The maximum absolute atomic E-state index is 13.3. The van der Waals surface area contributed by atoms with Crippen molar-refractivity contribution in [3.63, 3.8) is 0 Å². The largest absolute Gasteiger partial charge is 0.454 e. The molecular formula is C28H28N2O5. The zero-order valence-electron chi connectivity index (χ0n) is 19.8. The highest BCUT2D eigenvalue weighted by atomic mass is 16.7. The van der Waals surface area contributed by atoms with Crippen molar-refractivity contribution in [2.75, 3.05) is 32.3 Å². The van der Waals surface area contributed by atoms with Crippen LogP contribution in [0.2, 0.25) is 0 Å². The number of carbonyl (C=O) groups is 2. The molecule has 0 aromatic heterocycles. The molecule has 1 fully saturated rings. The number of fused-ring (bicyclic) bond motifs is 1. The van der Waals surface area contributed by atoms with Crippen molar-refractivity contribution in [1.82, 2.24) is 4.90 Å². The van der Waals surface area contributed by atoms with Gasteiger partial charge in [-0.25, -0.2) is 0 Å². The highest BCUT2D eigenvalue weighted by Gasteiger charge is 2.51. The maximum Gasteiger partial charge on any atom is 0.253 e. The summed E-state index contributed by atoms with van der Waals surface area (Å²) in [4.78, 5) is 27.3. The van der Waals surface area contributed by atoms with E-state index in [2.05, 4.69) is 5.32 Å². The van der Waals surface area contributed by atoms with E-state index < -0.39 is 5.41 Å². The Morgan fingerprint density at radius 1 is 1.00 bits per heavy atom. The van der Waals surface area contributed by atoms with Crippen LogP contribution in [0.3, 0.4) is 0 Å². The molecule has 2 N–H and O–H groups in total. The topological polar surface area (TPSA) is 88.1 Å². The summed E-state index contributed by atoms with van der Waals surface area (Å²) in [5.41, 5.74) is 4.69. The fourth-order valence-electron chi connectivity index (χ4n) is 4.49. The Morgan fingerprint density at radius 3 is 2.46 bits per heavy atom. The summed E-state index contributed by atoms with van der Waals surface area (Å²) in [6, 6.07) is 19.0. The number of ether oxygens (including phenoxy) is 2. The molecule has 0 bridgehead atoms. The van der Waals surface area contributed by atoms with E-state index in [0.29, 0.717) is 17.1 Å². The number of nitrogens with zero attached hydrogens (tertiary/aromatic N) is 1. The van der Waals surface area contributed by atoms with Crippen LogP contribution in [-0.2, 0) is 10.2 Å². The highest BCUT2D eigenvalue weighted by Crippen LogP contribution is 2.51. The molecule has 1 saturated carbocycles. The summed E-state index contributed by atoms with van der Waals surface area (Å²) in [7, 11) is 1.67. The molecule has 180 valence electrons. The van der Waals surface area contributed by atoms with Crippen molar-refractivity contribution in [3.8, 4) is 22.6 Å². The third kappa shape index (κ3) is 4.35. The summed E-state index contributed by atoms with van der Waals surface area (Å²) in [5.74, 6) is 1.23. The van der Waals surface area contributed by atoms with E-state index in [1.165, 1.54) is 4.90 Å². The van der Waals surface area contributed by atoms with E-state index in [0.717, 1.165) is 40.8 Å². The Hall–Kier alpha value is -3.84. The number of carbonyl (C=O) groups excluding carboxylic acids is 2. The standard InChI is InChI=1S/C28H28N2O5/c1-18-3-9-22(16-23(18)19-4-6-20(7-5-19)26(32)30(2)13-14-31)29-27(33)28(11-12-28)21-8-10-24-25(15-21)35-17-34-24/h3-10,15-16,31H,11-14,17H2,1-2H3,(H,29,33). The normalized spacial score (nSPS) is 14.9. The van der Waals surface area contributed by atoms with Crippen molar-refractivity contribution in [2.24, 2.45) is 0 Å². The van der Waals surface area contributed by atoms with E-state index >= 15 is 0 Å². The van der Waals surface area contributed by atoms with Crippen molar-refractivity contribution in [1.29, 1.82) is 0 Å². The fraction of sp³-hybridized carbons (Fsp3) is 0.286. The van der Waals surface area contributed by atoms with Gasteiger partial charge in [0.05, 0.1) is 12.0 Å². The number of nitrogens with one attached hydrogen (secondary N) is 1. The molecule has 1 heterocycles. The number of likely N-dealkylation sites (N-methyl/N-ethyl adjacent to an activating group) is 1. The van der Waals surface area contributed by atoms with Gasteiger partial charge in [-0.1, -0.05) is 24.3 Å². The van der Waals surface area contributed by atoms with Gasteiger partial charge in [-0.3, -0.25) is 9.59 Å². The second-order valence-corrected chi connectivity index (χ2v) is 9.16. The number of benzene rings is 3. The summed E-state index contributed by atoms with van der Waals surface area (Å²) in [6.45, 7) is 2.44. The molecule has 0 radical (unpaired) electrons. The molecule has 35 heavy (non-hydrogen) atoms. The van der Waals surface area contributed by atoms with Gasteiger partial charge in [0.15, 0.2) is 11.5 Å². The minimum absolute atomic E-state index is 0.0287. The monoisotopic (exact) mass is 472 g/mol. The summed E-state index contributed by atoms with van der Waals surface area (Å²) in [5, 5.41) is 12.2. The Bertz CT molecular complexity index is 1280. The molecule has 7 nitrogen and oxygen atoms in total. The van der Waals surface area contributed by atoms with E-state index in [1.807, 2.05) is 55.5 Å². The first-order chi connectivity index (χ1) is 16.9. The third-order valence-corrected chi connectivity index (χ3v) is 6.83. The van der Waals surface area contributed by atoms with Crippen molar-refractivity contribution >= 4 is 17.5 Å². The van der Waals surface area contributed by atoms with Crippen LogP contribution in [-0.4, -0.2) is 48.8 Å². The Morgan fingerprint density at radius 2 is 1.74 bits per heavy atom. The molecule has 2 aliphatic rings. The minimum atomic E-state index is -0.547. The van der Waals surface area contributed by atoms with Crippen LogP contribution < -0.4 is 14.8 Å². The Kier molecular flexibility index (Phi) is 5.94. The van der Waals surface area contributed by atoms with Crippen LogP contribution in [0.1, 0.15) is 34.3 Å². The molecule has 0 unspecified atom stereocenters. The lowest BCUT2D eigenvalue weighted by atomic mass is 9.94. The molecule has 3 aromatic rings. The lowest BCUT2D eigenvalue weighted by Crippen LogP contribution is -2.29. The summed E-state index contributed by atoms with van der Waals surface area (Å²) < 4.78 is 10.9. The van der Waals surface area contributed by atoms with E-state index in [9.17, 15) is 9.59 Å². The second kappa shape index (κ2) is 9.07. The van der Waals surface area contributed by atoms with Gasteiger partial charge in [-0.15, -0.1) is 0 Å². The molecule has 1 aliphatic carbocycles. The van der Waals surface area contributed by atoms with Crippen LogP contribution in [0.15, 0.2) is 60.7 Å². The quantitative estimate of drug-likeness (QED) is 0.540. The zero-order chi connectivity index (χ0) is 24.6. The van der Waals surface area contributed by atoms with Crippen LogP contribution in [0.25, 0.3) is 11.1 Å². The predicted molar refractivity (Wildman–Crippen MR) is 133 cm³/mol. The van der Waals surface area contributed by atoms with E-state index in [-0.39, 0.29) is 31.8 Å². The van der Waals surface area contributed by atoms with Gasteiger partial charge in [-0.2, -0.15) is 0 Å². The predicted octanol–water partition coefficient (Wildman–Crippen LogP) is 4.13. The van der Waals surface area contributed by atoms with Gasteiger partial charge >= 0.3 is 0 Å². The third-order valence-electron chi connectivity index (χ3n) is 6.83. The molecule has 1 aliphatic heterocycles. The SMILES string of the molecule is Cc1ccc(NC(=O)C2(c3ccc4c(c3)OCO4)CC2)cc1-c1ccc(C(=O)N(C)CCO)cc1. The number of aliphatic hydroxyl groups excluding tert-OH is 1. The second-order valence-electron chi connectivity index (χ2n) is 9.16. The average Bonchev–Trinajstić information content (AvgIpc) is 3.55. The zero-order valence-corrected chi connectivity index (χ0v) is 19.8. The van der Waals surface area contributed by atoms with Gasteiger partial charge in [0.25, 0.3) is 5.91 Å². The first-order valence-electron chi connectivity index (χ1n) is 11.7. The molecule has 0 atom stereocenters. The van der Waals surface area contributed by atoms with Crippen LogP contribution >= 0.6 is 0 Å². The molecule has 3 aromatic carbocycles. The van der Waals surface area contributed by atoms with E-state index in [4.69, 9.17) is 14.6 Å².